The van der Waals surface area contributed by atoms with Crippen molar-refractivity contribution in [3.8, 4) is 5.88 Å². The van der Waals surface area contributed by atoms with Gasteiger partial charge < -0.3 is 14.6 Å². The van der Waals surface area contributed by atoms with Crippen molar-refractivity contribution < 1.29 is 9.53 Å². The first kappa shape index (κ1) is 10.0. The number of nitrogens with zero attached hydrogens (tertiary/aromatic N) is 2. The van der Waals surface area contributed by atoms with E-state index in [2.05, 4.69) is 10.3 Å². The van der Waals surface area contributed by atoms with Crippen LogP contribution in [0.4, 0.5) is 0 Å². The smallest absolute Gasteiger partial charge is 0.220 e. The molecule has 0 radical (unpaired) electrons. The van der Waals surface area contributed by atoms with Crippen molar-refractivity contribution in [3.05, 3.63) is 12.5 Å². The van der Waals surface area contributed by atoms with Gasteiger partial charge in [-0.2, -0.15) is 0 Å². The lowest BCUT2D eigenvalue weighted by atomic mass is 10.0. The first-order valence-corrected chi connectivity index (χ1v) is 5.06. The minimum Gasteiger partial charge on any atom is -0.474 e. The van der Waals surface area contributed by atoms with Crippen LogP contribution in [0.2, 0.25) is 0 Å². The molecule has 1 aromatic heterocycles. The second kappa shape index (κ2) is 3.92. The van der Waals surface area contributed by atoms with Crippen LogP contribution in [0.1, 0.15) is 13.3 Å². The summed E-state index contributed by atoms with van der Waals surface area (Å²) in [5, 5.41) is 2.80. The number of aromatic nitrogens is 2. The number of aryl methyl sites for hydroxylation is 1. The van der Waals surface area contributed by atoms with Gasteiger partial charge in [-0.15, -0.1) is 0 Å². The molecule has 0 aliphatic carbocycles. The molecule has 0 spiro atoms. The lowest BCUT2D eigenvalue weighted by Gasteiger charge is -2.19. The minimum atomic E-state index is 0.0272. The van der Waals surface area contributed by atoms with Crippen LogP contribution >= 0.6 is 0 Å². The van der Waals surface area contributed by atoms with E-state index in [-0.39, 0.29) is 17.9 Å². The summed E-state index contributed by atoms with van der Waals surface area (Å²) in [6.45, 7) is 2.69. The van der Waals surface area contributed by atoms with Crippen molar-refractivity contribution in [3.63, 3.8) is 0 Å². The summed E-state index contributed by atoms with van der Waals surface area (Å²) in [6.07, 6.45) is 3.96. The number of carbonyl (C=O) groups is 1. The molecule has 0 unspecified atom stereocenters. The van der Waals surface area contributed by atoms with Crippen molar-refractivity contribution in [2.24, 2.45) is 13.0 Å². The number of ether oxygens (including phenoxy) is 1. The molecular formula is C10H15N3O2. The number of amides is 1. The Morgan fingerprint density at radius 3 is 3.07 bits per heavy atom. The molecule has 1 aliphatic heterocycles. The first-order valence-electron chi connectivity index (χ1n) is 5.06. The van der Waals surface area contributed by atoms with Gasteiger partial charge in [0, 0.05) is 25.9 Å². The van der Waals surface area contributed by atoms with Crippen LogP contribution in [0.15, 0.2) is 12.5 Å². The van der Waals surface area contributed by atoms with Crippen molar-refractivity contribution >= 4 is 5.91 Å². The maximum Gasteiger partial charge on any atom is 0.220 e. The Morgan fingerprint density at radius 2 is 2.53 bits per heavy atom. The van der Waals surface area contributed by atoms with Gasteiger partial charge in [0.05, 0.1) is 12.5 Å². The van der Waals surface area contributed by atoms with Gasteiger partial charge in [-0.1, -0.05) is 0 Å². The second-order valence-corrected chi connectivity index (χ2v) is 3.93. The molecule has 1 amide bonds. The standard InChI is InChI=1S/C10H15N3O2/c1-7(8-3-9(14)12-4-8)15-10-5-11-6-13(10)2/h5-8H,3-4H2,1-2H3,(H,12,14)/t7-,8-/m1/s1. The minimum absolute atomic E-state index is 0.0272. The fraction of sp³-hybridized carbons (Fsp3) is 0.600. The number of nitrogens with one attached hydrogen (secondary N) is 1. The molecule has 1 N–H and O–H groups in total. The summed E-state index contributed by atoms with van der Waals surface area (Å²) in [6, 6.07) is 0. The average Bonchev–Trinajstić information content (AvgIpc) is 2.77. The predicted octanol–water partition coefficient (Wildman–Crippen LogP) is 0.323. The van der Waals surface area contributed by atoms with Crippen LogP contribution in [0.3, 0.4) is 0 Å². The normalized spacial score (nSPS) is 22.5. The van der Waals surface area contributed by atoms with Gasteiger partial charge in [0.15, 0.2) is 0 Å². The topological polar surface area (TPSA) is 56.1 Å². The van der Waals surface area contributed by atoms with Gasteiger partial charge in [-0.3, -0.25) is 4.79 Å². The molecule has 2 rings (SSSR count). The summed E-state index contributed by atoms with van der Waals surface area (Å²) in [7, 11) is 1.88. The Kier molecular flexibility index (Phi) is 2.62. The molecule has 1 fully saturated rings. The zero-order chi connectivity index (χ0) is 10.8. The quantitative estimate of drug-likeness (QED) is 0.780. The highest BCUT2D eigenvalue weighted by Gasteiger charge is 2.28. The van der Waals surface area contributed by atoms with Crippen LogP contribution in [0, 0.1) is 5.92 Å². The van der Waals surface area contributed by atoms with Crippen molar-refractivity contribution in [1.82, 2.24) is 14.9 Å². The van der Waals surface area contributed by atoms with E-state index in [0.29, 0.717) is 13.0 Å². The molecule has 2 atom stereocenters. The Labute approximate surface area is 88.4 Å². The highest BCUT2D eigenvalue weighted by molar-refractivity contribution is 5.78. The Morgan fingerprint density at radius 1 is 1.73 bits per heavy atom. The van der Waals surface area contributed by atoms with E-state index in [1.54, 1.807) is 12.5 Å². The number of imidazole rings is 1. The summed E-state index contributed by atoms with van der Waals surface area (Å²) in [4.78, 5) is 15.0. The molecule has 1 saturated heterocycles. The number of hydrogen-bond acceptors (Lipinski definition) is 3. The van der Waals surface area contributed by atoms with E-state index in [9.17, 15) is 4.79 Å². The maximum absolute atomic E-state index is 11.0. The monoisotopic (exact) mass is 209 g/mol. The lowest BCUT2D eigenvalue weighted by Crippen LogP contribution is -2.26. The highest BCUT2D eigenvalue weighted by Crippen LogP contribution is 2.19. The highest BCUT2D eigenvalue weighted by atomic mass is 16.5. The largest absolute Gasteiger partial charge is 0.474 e. The third-order valence-electron chi connectivity index (χ3n) is 2.75. The zero-order valence-corrected chi connectivity index (χ0v) is 8.93. The maximum atomic E-state index is 11.0. The van der Waals surface area contributed by atoms with Crippen LogP contribution in [-0.4, -0.2) is 28.1 Å². The molecular weight excluding hydrogens is 194 g/mol. The summed E-state index contributed by atoms with van der Waals surface area (Å²) < 4.78 is 7.55. The van der Waals surface area contributed by atoms with Gasteiger partial charge in [-0.05, 0) is 6.92 Å². The van der Waals surface area contributed by atoms with Crippen molar-refractivity contribution in [2.45, 2.75) is 19.4 Å². The van der Waals surface area contributed by atoms with Crippen LogP contribution in [0.25, 0.3) is 0 Å². The molecule has 15 heavy (non-hydrogen) atoms. The van der Waals surface area contributed by atoms with Crippen LogP contribution in [0.5, 0.6) is 5.88 Å². The molecule has 2 heterocycles. The van der Waals surface area contributed by atoms with E-state index >= 15 is 0 Å². The van der Waals surface area contributed by atoms with Gasteiger partial charge in [-0.25, -0.2) is 4.98 Å². The number of carbonyl (C=O) groups excluding carboxylic acids is 1. The van der Waals surface area contributed by atoms with E-state index in [4.69, 9.17) is 4.74 Å². The fourth-order valence-electron chi connectivity index (χ4n) is 1.70. The Balaban J connectivity index is 1.95. The molecule has 82 valence electrons. The van der Waals surface area contributed by atoms with E-state index < -0.39 is 0 Å². The molecule has 5 heteroatoms. The van der Waals surface area contributed by atoms with Gasteiger partial charge in [0.25, 0.3) is 0 Å². The number of rotatable bonds is 3. The average molecular weight is 209 g/mol. The summed E-state index contributed by atoms with van der Waals surface area (Å²) >= 11 is 0. The molecule has 5 nitrogen and oxygen atoms in total. The second-order valence-electron chi connectivity index (χ2n) is 3.93. The summed E-state index contributed by atoms with van der Waals surface area (Å²) in [5.41, 5.74) is 0. The van der Waals surface area contributed by atoms with E-state index in [1.165, 1.54) is 0 Å². The summed E-state index contributed by atoms with van der Waals surface area (Å²) in [5.74, 6) is 1.11. The van der Waals surface area contributed by atoms with Crippen LogP contribution in [-0.2, 0) is 11.8 Å². The lowest BCUT2D eigenvalue weighted by molar-refractivity contribution is -0.119. The third-order valence-corrected chi connectivity index (χ3v) is 2.75. The molecule has 0 aromatic carbocycles. The van der Waals surface area contributed by atoms with E-state index in [1.807, 2.05) is 18.5 Å². The first-order chi connectivity index (χ1) is 7.16. The van der Waals surface area contributed by atoms with E-state index in [0.717, 1.165) is 5.88 Å². The SMILES string of the molecule is C[C@@H](Oc1cncn1C)[C@H]1CNC(=O)C1. The van der Waals surface area contributed by atoms with Crippen molar-refractivity contribution in [1.29, 1.82) is 0 Å². The predicted molar refractivity (Wildman–Crippen MR) is 54.4 cm³/mol. The van der Waals surface area contributed by atoms with Gasteiger partial charge in [0.1, 0.15) is 6.10 Å². The van der Waals surface area contributed by atoms with Gasteiger partial charge in [0.2, 0.25) is 11.8 Å². The molecule has 1 aliphatic rings. The van der Waals surface area contributed by atoms with Gasteiger partial charge >= 0.3 is 0 Å². The molecule has 0 bridgehead atoms. The fourth-order valence-corrected chi connectivity index (χ4v) is 1.70. The molecule has 0 saturated carbocycles. The molecule has 1 aromatic rings. The van der Waals surface area contributed by atoms with Crippen molar-refractivity contribution in [2.75, 3.05) is 6.54 Å². The Hall–Kier alpha value is -1.52. The zero-order valence-electron chi connectivity index (χ0n) is 8.93. The van der Waals surface area contributed by atoms with Crippen LogP contribution < -0.4 is 10.1 Å². The Bertz CT molecular complexity index is 361. The number of hydrogen-bond donors (Lipinski definition) is 1. The third kappa shape index (κ3) is 2.11.